The van der Waals surface area contributed by atoms with Crippen LogP contribution >= 0.6 is 0 Å². The summed E-state index contributed by atoms with van der Waals surface area (Å²) in [6.07, 6.45) is 0.671. The minimum Gasteiger partial charge on any atom is -0.471 e. The summed E-state index contributed by atoms with van der Waals surface area (Å²) >= 11 is 0. The van der Waals surface area contributed by atoms with Crippen LogP contribution in [0.2, 0.25) is 0 Å². The van der Waals surface area contributed by atoms with Gasteiger partial charge in [0.05, 0.1) is 6.54 Å². The lowest BCUT2D eigenvalue weighted by Crippen LogP contribution is -2.39. The van der Waals surface area contributed by atoms with Crippen LogP contribution in [0, 0.1) is 0 Å². The fraction of sp³-hybridized carbons (Fsp3) is 0.421. The van der Waals surface area contributed by atoms with Crippen molar-refractivity contribution in [2.24, 2.45) is 0 Å². The molecule has 0 saturated carbocycles. The molecule has 1 fully saturated rings. The Morgan fingerprint density at radius 3 is 2.89 bits per heavy atom. The Morgan fingerprint density at radius 2 is 2.11 bits per heavy atom. The molecule has 2 amide bonds. The molecule has 1 aromatic heterocycles. The van der Waals surface area contributed by atoms with Crippen LogP contribution in [0.15, 0.2) is 30.3 Å². The number of ether oxygens (including phenoxy) is 3. The van der Waals surface area contributed by atoms with Gasteiger partial charge < -0.3 is 29.3 Å². The molecule has 2 aliphatic rings. The average Bonchev–Trinajstić information content (AvgIpc) is 3.35. The van der Waals surface area contributed by atoms with Gasteiger partial charge >= 0.3 is 6.03 Å². The van der Waals surface area contributed by atoms with Crippen LogP contribution < -0.4 is 24.4 Å². The second-order valence-electron chi connectivity index (χ2n) is 6.95. The maximum Gasteiger partial charge on any atom is 0.317 e. The van der Waals surface area contributed by atoms with Gasteiger partial charge in [-0.3, -0.25) is 0 Å². The molecule has 0 spiro atoms. The number of aromatic nitrogens is 2. The fourth-order valence-electron chi connectivity index (χ4n) is 3.13. The molecule has 2 aromatic rings. The first-order chi connectivity index (χ1) is 13.6. The molecule has 2 aliphatic heterocycles. The van der Waals surface area contributed by atoms with Gasteiger partial charge in [-0.1, -0.05) is 6.07 Å². The van der Waals surface area contributed by atoms with Crippen molar-refractivity contribution in [1.82, 2.24) is 20.4 Å². The van der Waals surface area contributed by atoms with Crippen molar-refractivity contribution in [3.05, 3.63) is 35.9 Å². The van der Waals surface area contributed by atoms with E-state index in [0.717, 1.165) is 23.6 Å². The molecule has 0 radical (unpaired) electrons. The summed E-state index contributed by atoms with van der Waals surface area (Å²) in [5, 5.41) is 11.1. The van der Waals surface area contributed by atoms with Crippen LogP contribution in [0.1, 0.15) is 12.0 Å². The predicted octanol–water partition coefficient (Wildman–Crippen LogP) is 1.63. The van der Waals surface area contributed by atoms with Gasteiger partial charge in [-0.25, -0.2) is 4.79 Å². The number of amides is 2. The number of nitrogens with zero attached hydrogens (tertiary/aromatic N) is 4. The van der Waals surface area contributed by atoms with E-state index in [-0.39, 0.29) is 18.9 Å². The number of urea groups is 1. The Balaban J connectivity index is 1.26. The van der Waals surface area contributed by atoms with Crippen LogP contribution in [-0.2, 0) is 6.54 Å². The molecular weight excluding hydrogens is 362 g/mol. The first-order valence-electron chi connectivity index (χ1n) is 9.17. The summed E-state index contributed by atoms with van der Waals surface area (Å²) in [6, 6.07) is 9.19. The van der Waals surface area contributed by atoms with E-state index in [1.807, 2.05) is 43.3 Å². The number of hydrogen-bond acceptors (Lipinski definition) is 7. The van der Waals surface area contributed by atoms with Crippen molar-refractivity contribution in [2.45, 2.75) is 19.1 Å². The number of rotatable bonds is 5. The van der Waals surface area contributed by atoms with Crippen molar-refractivity contribution in [2.75, 3.05) is 38.9 Å². The molecule has 9 nitrogen and oxygen atoms in total. The molecule has 1 N–H and O–H groups in total. The van der Waals surface area contributed by atoms with E-state index >= 15 is 0 Å². The topological polar surface area (TPSA) is 89.1 Å². The largest absolute Gasteiger partial charge is 0.471 e. The number of benzene rings is 1. The summed E-state index contributed by atoms with van der Waals surface area (Å²) in [5.41, 5.74) is 0.959. The number of anilines is 1. The van der Waals surface area contributed by atoms with Gasteiger partial charge in [-0.15, -0.1) is 10.2 Å². The minimum absolute atomic E-state index is 0.0872. The van der Waals surface area contributed by atoms with Gasteiger partial charge in [0.1, 0.15) is 6.10 Å². The SMILES string of the molecule is CN(C)c1ccc(O[C@H]2CCN(C(=O)NCc3ccc4c(c3)OCO4)C2)nn1. The summed E-state index contributed by atoms with van der Waals surface area (Å²) in [5.74, 6) is 2.68. The zero-order valence-corrected chi connectivity index (χ0v) is 15.9. The first-order valence-corrected chi connectivity index (χ1v) is 9.17. The molecule has 3 heterocycles. The molecule has 1 aromatic carbocycles. The standard InChI is InChI=1S/C19H23N5O4/c1-23(2)17-5-6-18(22-21-17)28-14-7-8-24(11-14)19(25)20-10-13-3-4-15-16(9-13)27-12-26-15/h3-6,9,14H,7-8,10-12H2,1-2H3,(H,20,25)/t14-/m0/s1. The number of carbonyl (C=O) groups is 1. The maximum atomic E-state index is 12.4. The van der Waals surface area contributed by atoms with E-state index in [4.69, 9.17) is 14.2 Å². The highest BCUT2D eigenvalue weighted by Crippen LogP contribution is 2.32. The lowest BCUT2D eigenvalue weighted by Gasteiger charge is -2.18. The van der Waals surface area contributed by atoms with Crippen LogP contribution in [0.4, 0.5) is 10.6 Å². The smallest absolute Gasteiger partial charge is 0.317 e. The number of fused-ring (bicyclic) bond motifs is 1. The molecule has 0 aliphatic carbocycles. The Kier molecular flexibility index (Phi) is 5.05. The molecule has 0 unspecified atom stereocenters. The third kappa shape index (κ3) is 4.03. The van der Waals surface area contributed by atoms with E-state index in [9.17, 15) is 4.79 Å². The van der Waals surface area contributed by atoms with Gasteiger partial charge in [0.15, 0.2) is 17.3 Å². The maximum absolute atomic E-state index is 12.4. The van der Waals surface area contributed by atoms with Crippen LogP contribution in [-0.4, -0.2) is 61.2 Å². The number of carbonyl (C=O) groups excluding carboxylic acids is 1. The van der Waals surface area contributed by atoms with Gasteiger partial charge in [0.2, 0.25) is 12.7 Å². The van der Waals surface area contributed by atoms with Gasteiger partial charge in [0, 0.05) is 39.7 Å². The molecule has 28 heavy (non-hydrogen) atoms. The Labute approximate surface area is 163 Å². The number of likely N-dealkylation sites (tertiary alicyclic amines) is 1. The average molecular weight is 385 g/mol. The van der Waals surface area contributed by atoms with Gasteiger partial charge in [-0.05, 0) is 23.8 Å². The summed E-state index contributed by atoms with van der Waals surface area (Å²) in [7, 11) is 3.81. The van der Waals surface area contributed by atoms with Crippen molar-refractivity contribution in [3.8, 4) is 17.4 Å². The predicted molar refractivity (Wildman–Crippen MR) is 102 cm³/mol. The second kappa shape index (κ2) is 7.79. The Morgan fingerprint density at radius 1 is 1.25 bits per heavy atom. The van der Waals surface area contributed by atoms with E-state index in [1.165, 1.54) is 0 Å². The molecule has 148 valence electrons. The van der Waals surface area contributed by atoms with Crippen molar-refractivity contribution in [3.63, 3.8) is 0 Å². The molecule has 4 rings (SSSR count). The molecule has 1 atom stereocenters. The van der Waals surface area contributed by atoms with E-state index in [1.54, 1.807) is 11.0 Å². The summed E-state index contributed by atoms with van der Waals surface area (Å²) in [4.78, 5) is 16.1. The second-order valence-corrected chi connectivity index (χ2v) is 6.95. The normalized spacial score (nSPS) is 17.5. The number of nitrogens with one attached hydrogen (secondary N) is 1. The van der Waals surface area contributed by atoms with Gasteiger partial charge in [-0.2, -0.15) is 0 Å². The zero-order valence-electron chi connectivity index (χ0n) is 15.9. The van der Waals surface area contributed by atoms with Crippen molar-refractivity contribution < 1.29 is 19.0 Å². The van der Waals surface area contributed by atoms with Gasteiger partial charge in [0.25, 0.3) is 0 Å². The van der Waals surface area contributed by atoms with E-state index < -0.39 is 0 Å². The number of hydrogen-bond donors (Lipinski definition) is 1. The highest BCUT2D eigenvalue weighted by atomic mass is 16.7. The highest BCUT2D eigenvalue weighted by Gasteiger charge is 2.28. The zero-order chi connectivity index (χ0) is 19.5. The molecule has 0 bridgehead atoms. The van der Waals surface area contributed by atoms with E-state index in [2.05, 4.69) is 15.5 Å². The first kappa shape index (κ1) is 18.1. The quantitative estimate of drug-likeness (QED) is 0.837. The van der Waals surface area contributed by atoms with Crippen LogP contribution in [0.5, 0.6) is 17.4 Å². The molecule has 9 heteroatoms. The minimum atomic E-state index is -0.113. The third-order valence-electron chi connectivity index (χ3n) is 4.68. The highest BCUT2D eigenvalue weighted by molar-refractivity contribution is 5.74. The third-order valence-corrected chi connectivity index (χ3v) is 4.68. The molecular formula is C19H23N5O4. The monoisotopic (exact) mass is 385 g/mol. The summed E-state index contributed by atoms with van der Waals surface area (Å²) in [6.45, 7) is 1.82. The molecule has 1 saturated heterocycles. The van der Waals surface area contributed by atoms with E-state index in [0.29, 0.717) is 31.3 Å². The fourth-order valence-corrected chi connectivity index (χ4v) is 3.13. The van der Waals surface area contributed by atoms with Crippen LogP contribution in [0.3, 0.4) is 0 Å². The summed E-state index contributed by atoms with van der Waals surface area (Å²) < 4.78 is 16.5. The lowest BCUT2D eigenvalue weighted by molar-refractivity contribution is 0.174. The lowest BCUT2D eigenvalue weighted by atomic mass is 10.2. The Bertz CT molecular complexity index is 843. The van der Waals surface area contributed by atoms with Crippen LogP contribution in [0.25, 0.3) is 0 Å². The van der Waals surface area contributed by atoms with Crippen molar-refractivity contribution >= 4 is 11.8 Å². The van der Waals surface area contributed by atoms with Crippen molar-refractivity contribution in [1.29, 1.82) is 0 Å². The Hall–Kier alpha value is -3.23.